The molecular weight excluding hydrogens is 394 g/mol. The number of nitrogens with zero attached hydrogens (tertiary/aromatic N) is 2. The molecule has 8 nitrogen and oxygen atoms in total. The van der Waals surface area contributed by atoms with Gasteiger partial charge in [-0.2, -0.15) is 0 Å². The molecule has 0 unspecified atom stereocenters. The minimum atomic E-state index is -0.237. The number of phenols is 1. The SMILES string of the molecule is CC(C)CN(C(=O)/C(N)=C(\CCCCO)N(N)c1ccccc1O)[C@@H]1CNC[C@H](C)C1. The number of allylic oxidation sites excluding steroid dienone is 1. The largest absolute Gasteiger partial charge is 0.506 e. The molecule has 0 bridgehead atoms. The Morgan fingerprint density at radius 1 is 1.26 bits per heavy atom. The molecule has 1 aromatic rings. The van der Waals surface area contributed by atoms with Gasteiger partial charge in [-0.25, -0.2) is 5.84 Å². The summed E-state index contributed by atoms with van der Waals surface area (Å²) in [4.78, 5) is 15.5. The van der Waals surface area contributed by atoms with Crippen molar-refractivity contribution in [3.8, 4) is 5.75 Å². The predicted molar refractivity (Wildman–Crippen MR) is 124 cm³/mol. The highest BCUT2D eigenvalue weighted by Crippen LogP contribution is 2.30. The van der Waals surface area contributed by atoms with E-state index in [-0.39, 0.29) is 30.0 Å². The van der Waals surface area contributed by atoms with Crippen LogP contribution in [0.4, 0.5) is 5.69 Å². The highest BCUT2D eigenvalue weighted by atomic mass is 16.3. The maximum absolute atomic E-state index is 13.6. The molecule has 7 N–H and O–H groups in total. The molecule has 2 atom stereocenters. The van der Waals surface area contributed by atoms with Crippen LogP contribution in [0.3, 0.4) is 0 Å². The fourth-order valence-corrected chi connectivity index (χ4v) is 4.04. The molecule has 0 spiro atoms. The van der Waals surface area contributed by atoms with Crippen LogP contribution in [-0.2, 0) is 4.79 Å². The van der Waals surface area contributed by atoms with E-state index >= 15 is 0 Å². The van der Waals surface area contributed by atoms with Gasteiger partial charge in [0.2, 0.25) is 0 Å². The van der Waals surface area contributed by atoms with Crippen LogP contribution in [0.25, 0.3) is 0 Å². The van der Waals surface area contributed by atoms with Crippen molar-refractivity contribution in [3.05, 3.63) is 35.7 Å². The maximum Gasteiger partial charge on any atom is 0.271 e. The Labute approximate surface area is 185 Å². The lowest BCUT2D eigenvalue weighted by Crippen LogP contribution is -2.53. The zero-order chi connectivity index (χ0) is 23.0. The number of carbonyl (C=O) groups is 1. The summed E-state index contributed by atoms with van der Waals surface area (Å²) in [5.74, 6) is 6.89. The summed E-state index contributed by atoms with van der Waals surface area (Å²) in [6, 6.07) is 6.75. The van der Waals surface area contributed by atoms with E-state index < -0.39 is 0 Å². The van der Waals surface area contributed by atoms with Crippen molar-refractivity contribution in [1.82, 2.24) is 10.2 Å². The number of hydrazine groups is 1. The molecule has 0 radical (unpaired) electrons. The molecule has 1 aliphatic heterocycles. The fraction of sp³-hybridized carbons (Fsp3) is 0.609. The minimum Gasteiger partial charge on any atom is -0.506 e. The predicted octanol–water partition coefficient (Wildman–Crippen LogP) is 1.89. The Hall–Kier alpha value is -2.29. The topological polar surface area (TPSA) is 128 Å². The first-order chi connectivity index (χ1) is 14.8. The number of rotatable bonds is 10. The first kappa shape index (κ1) is 25.0. The van der Waals surface area contributed by atoms with Crippen molar-refractivity contribution < 1.29 is 15.0 Å². The lowest BCUT2D eigenvalue weighted by molar-refractivity contribution is -0.130. The van der Waals surface area contributed by atoms with Gasteiger partial charge in [-0.15, -0.1) is 0 Å². The molecule has 31 heavy (non-hydrogen) atoms. The number of benzene rings is 1. The molecular formula is C23H39N5O3. The number of amides is 1. The second-order valence-electron chi connectivity index (χ2n) is 8.90. The average Bonchev–Trinajstić information content (AvgIpc) is 2.74. The number of aliphatic hydroxyl groups is 1. The number of hydrogen-bond acceptors (Lipinski definition) is 7. The van der Waals surface area contributed by atoms with Crippen molar-refractivity contribution in [2.45, 2.75) is 52.5 Å². The number of carbonyl (C=O) groups excluding carboxylic acids is 1. The normalized spacial score (nSPS) is 19.8. The highest BCUT2D eigenvalue weighted by molar-refractivity contribution is 5.94. The number of aromatic hydroxyl groups is 1. The van der Waals surface area contributed by atoms with Crippen LogP contribution in [0.2, 0.25) is 0 Å². The van der Waals surface area contributed by atoms with Gasteiger partial charge in [-0.3, -0.25) is 9.80 Å². The summed E-state index contributed by atoms with van der Waals surface area (Å²) in [6.07, 6.45) is 2.52. The van der Waals surface area contributed by atoms with Crippen LogP contribution < -0.4 is 21.9 Å². The van der Waals surface area contributed by atoms with E-state index in [0.717, 1.165) is 19.5 Å². The van der Waals surface area contributed by atoms with Gasteiger partial charge in [0.05, 0.1) is 11.4 Å². The third-order valence-corrected chi connectivity index (χ3v) is 5.61. The summed E-state index contributed by atoms with van der Waals surface area (Å²) in [7, 11) is 0. The van der Waals surface area contributed by atoms with E-state index in [2.05, 4.69) is 26.1 Å². The zero-order valence-electron chi connectivity index (χ0n) is 19.1. The standard InChI is InChI=1S/C23H39N5O3/c1-16(2)15-27(18-12-17(3)13-26-14-18)23(31)22(24)20(9-6-7-11-29)28(25)19-8-4-5-10-21(19)30/h4-5,8,10,16-18,26,29-30H,6-7,9,11-15,24-25H2,1-3H3/b22-20-/t17-,18+/m1/s1. The monoisotopic (exact) mass is 433 g/mol. The summed E-state index contributed by atoms with van der Waals surface area (Å²) in [6.45, 7) is 8.68. The number of unbranched alkanes of at least 4 members (excludes halogenated alkanes) is 1. The number of para-hydroxylation sites is 2. The van der Waals surface area contributed by atoms with Crippen molar-refractivity contribution in [1.29, 1.82) is 0 Å². The molecule has 1 heterocycles. The van der Waals surface area contributed by atoms with Crippen LogP contribution in [0, 0.1) is 11.8 Å². The number of nitrogens with one attached hydrogen (secondary N) is 1. The van der Waals surface area contributed by atoms with Gasteiger partial charge < -0.3 is 26.2 Å². The molecule has 0 aliphatic carbocycles. The molecule has 0 saturated carbocycles. The van der Waals surface area contributed by atoms with Gasteiger partial charge >= 0.3 is 0 Å². The van der Waals surface area contributed by atoms with E-state index in [1.54, 1.807) is 24.3 Å². The summed E-state index contributed by atoms with van der Waals surface area (Å²) in [5.41, 5.74) is 7.36. The van der Waals surface area contributed by atoms with Crippen LogP contribution in [0.5, 0.6) is 5.75 Å². The van der Waals surface area contributed by atoms with Crippen LogP contribution in [0.15, 0.2) is 35.7 Å². The number of anilines is 1. The Balaban J connectivity index is 2.40. The van der Waals surface area contributed by atoms with Crippen LogP contribution in [-0.4, -0.2) is 53.3 Å². The van der Waals surface area contributed by atoms with Crippen molar-refractivity contribution in [2.75, 3.05) is 31.3 Å². The minimum absolute atomic E-state index is 0.00856. The second-order valence-corrected chi connectivity index (χ2v) is 8.90. The third kappa shape index (κ3) is 6.85. The van der Waals surface area contributed by atoms with Crippen LogP contribution >= 0.6 is 0 Å². The number of nitrogens with two attached hydrogens (primary N) is 2. The van der Waals surface area contributed by atoms with Crippen molar-refractivity contribution >= 4 is 11.6 Å². The Bertz CT molecular complexity index is 752. The molecule has 1 amide bonds. The van der Waals surface area contributed by atoms with E-state index in [0.29, 0.717) is 49.0 Å². The molecule has 8 heteroatoms. The molecule has 2 rings (SSSR count). The van der Waals surface area contributed by atoms with E-state index in [9.17, 15) is 15.0 Å². The lowest BCUT2D eigenvalue weighted by atomic mass is 9.95. The molecule has 1 aromatic carbocycles. The summed E-state index contributed by atoms with van der Waals surface area (Å²) in [5, 5.41) is 24.2. The Morgan fingerprint density at radius 2 is 1.97 bits per heavy atom. The quantitative estimate of drug-likeness (QED) is 0.165. The molecule has 0 aromatic heterocycles. The smallest absolute Gasteiger partial charge is 0.271 e. The average molecular weight is 434 g/mol. The van der Waals surface area contributed by atoms with Gasteiger partial charge in [0.15, 0.2) is 0 Å². The van der Waals surface area contributed by atoms with Crippen LogP contribution in [0.1, 0.15) is 46.5 Å². The van der Waals surface area contributed by atoms with Crippen molar-refractivity contribution in [2.24, 2.45) is 23.4 Å². The number of piperidine rings is 1. The Kier molecular flexibility index (Phi) is 9.61. The number of hydrogen-bond donors (Lipinski definition) is 5. The summed E-state index contributed by atoms with van der Waals surface area (Å²) < 4.78 is 0. The zero-order valence-corrected chi connectivity index (χ0v) is 19.1. The van der Waals surface area contributed by atoms with Gasteiger partial charge in [0.1, 0.15) is 11.4 Å². The van der Waals surface area contributed by atoms with Gasteiger partial charge in [-0.1, -0.05) is 32.9 Å². The first-order valence-corrected chi connectivity index (χ1v) is 11.2. The van der Waals surface area contributed by atoms with Gasteiger partial charge in [-0.05, 0) is 56.2 Å². The van der Waals surface area contributed by atoms with Gasteiger partial charge in [0, 0.05) is 25.7 Å². The fourth-order valence-electron chi connectivity index (χ4n) is 4.04. The molecule has 1 saturated heterocycles. The van der Waals surface area contributed by atoms with Crippen molar-refractivity contribution in [3.63, 3.8) is 0 Å². The highest BCUT2D eigenvalue weighted by Gasteiger charge is 2.31. The summed E-state index contributed by atoms with van der Waals surface area (Å²) >= 11 is 0. The Morgan fingerprint density at radius 3 is 2.58 bits per heavy atom. The van der Waals surface area contributed by atoms with E-state index in [1.165, 1.54) is 5.01 Å². The molecule has 1 aliphatic rings. The maximum atomic E-state index is 13.6. The second kappa shape index (κ2) is 11.9. The van der Waals surface area contributed by atoms with E-state index in [4.69, 9.17) is 11.6 Å². The molecule has 174 valence electrons. The van der Waals surface area contributed by atoms with Gasteiger partial charge in [0.25, 0.3) is 5.91 Å². The first-order valence-electron chi connectivity index (χ1n) is 11.2. The number of phenolic OH excluding ortho intramolecular Hbond substituents is 1. The lowest BCUT2D eigenvalue weighted by Gasteiger charge is -2.38. The molecule has 1 fully saturated rings. The number of aliphatic hydroxyl groups excluding tert-OH is 1. The van der Waals surface area contributed by atoms with E-state index in [1.807, 2.05) is 4.90 Å². The third-order valence-electron chi connectivity index (χ3n) is 5.61.